The fraction of sp³-hybridized carbons (Fsp3) is 0.610. The molecule has 0 aliphatic rings. The summed E-state index contributed by atoms with van der Waals surface area (Å²) in [6.45, 7) is 6.35. The van der Waals surface area contributed by atoms with Crippen molar-refractivity contribution in [2.75, 3.05) is 13.2 Å². The highest BCUT2D eigenvalue weighted by Gasteiger charge is 2.19. The Hall–Kier alpha value is -4.19. The summed E-state index contributed by atoms with van der Waals surface area (Å²) in [5.74, 6) is -1.04. The maximum Gasteiger partial charge on any atom is 0.306 e. The van der Waals surface area contributed by atoms with Crippen molar-refractivity contribution in [2.24, 2.45) is 0 Å². The molecule has 0 aromatic carbocycles. The first-order valence-electron chi connectivity index (χ1n) is 26.0. The van der Waals surface area contributed by atoms with E-state index in [4.69, 9.17) is 14.2 Å². The number of hydrogen-bond acceptors (Lipinski definition) is 6. The molecule has 0 unspecified atom stereocenters. The van der Waals surface area contributed by atoms with Gasteiger partial charge in [-0.2, -0.15) is 0 Å². The number of esters is 3. The van der Waals surface area contributed by atoms with E-state index in [1.165, 1.54) is 51.4 Å². The van der Waals surface area contributed by atoms with E-state index in [2.05, 4.69) is 142 Å². The molecule has 0 heterocycles. The van der Waals surface area contributed by atoms with Crippen LogP contribution in [0.15, 0.2) is 122 Å². The van der Waals surface area contributed by atoms with Gasteiger partial charge in [0.05, 0.1) is 0 Å². The zero-order valence-corrected chi connectivity index (χ0v) is 41.7. The lowest BCUT2D eigenvalue weighted by Crippen LogP contribution is -2.30. The minimum absolute atomic E-state index is 0.126. The molecular formula is C59H94O6. The van der Waals surface area contributed by atoms with Gasteiger partial charge in [0.15, 0.2) is 6.10 Å². The van der Waals surface area contributed by atoms with E-state index in [0.717, 1.165) is 109 Å². The van der Waals surface area contributed by atoms with Gasteiger partial charge in [-0.1, -0.05) is 187 Å². The Morgan fingerprint density at radius 2 is 0.615 bits per heavy atom. The van der Waals surface area contributed by atoms with Crippen LogP contribution in [0, 0.1) is 0 Å². The first-order valence-corrected chi connectivity index (χ1v) is 26.0. The van der Waals surface area contributed by atoms with Crippen LogP contribution in [-0.4, -0.2) is 37.2 Å². The van der Waals surface area contributed by atoms with Crippen molar-refractivity contribution in [1.29, 1.82) is 0 Å². The molecule has 0 aromatic rings. The average Bonchev–Trinajstić information content (AvgIpc) is 3.30. The Morgan fingerprint density at radius 3 is 1.03 bits per heavy atom. The minimum atomic E-state index is -0.828. The second kappa shape index (κ2) is 52.4. The molecule has 6 heteroatoms. The van der Waals surface area contributed by atoms with Gasteiger partial charge in [0.25, 0.3) is 0 Å². The largest absolute Gasteiger partial charge is 0.462 e. The van der Waals surface area contributed by atoms with Crippen molar-refractivity contribution in [3.8, 4) is 0 Å². The molecule has 0 amide bonds. The van der Waals surface area contributed by atoms with E-state index in [0.29, 0.717) is 19.3 Å². The molecule has 0 aromatic heterocycles. The highest BCUT2D eigenvalue weighted by atomic mass is 16.6. The molecule has 0 aliphatic carbocycles. The molecule has 0 saturated heterocycles. The maximum atomic E-state index is 12.8. The first kappa shape index (κ1) is 60.8. The summed E-state index contributed by atoms with van der Waals surface area (Å²) in [4.78, 5) is 38.0. The van der Waals surface area contributed by atoms with Crippen LogP contribution in [0.3, 0.4) is 0 Å². The van der Waals surface area contributed by atoms with Gasteiger partial charge >= 0.3 is 17.9 Å². The van der Waals surface area contributed by atoms with Crippen molar-refractivity contribution in [3.63, 3.8) is 0 Å². The fourth-order valence-corrected chi connectivity index (χ4v) is 6.51. The summed E-state index contributed by atoms with van der Waals surface area (Å²) in [6.07, 6.45) is 71.8. The number of carbonyl (C=O) groups excluding carboxylic acids is 3. The van der Waals surface area contributed by atoms with Crippen LogP contribution in [0.4, 0.5) is 0 Å². The van der Waals surface area contributed by atoms with Gasteiger partial charge in [-0.25, -0.2) is 0 Å². The molecule has 0 fully saturated rings. The molecule has 0 rings (SSSR count). The van der Waals surface area contributed by atoms with Gasteiger partial charge in [-0.15, -0.1) is 0 Å². The highest BCUT2D eigenvalue weighted by molar-refractivity contribution is 5.71. The summed E-state index contributed by atoms with van der Waals surface area (Å²) in [5.41, 5.74) is 0. The van der Waals surface area contributed by atoms with Crippen LogP contribution in [0.2, 0.25) is 0 Å². The van der Waals surface area contributed by atoms with Gasteiger partial charge in [0, 0.05) is 19.3 Å². The van der Waals surface area contributed by atoms with E-state index in [-0.39, 0.29) is 44.0 Å². The van der Waals surface area contributed by atoms with Crippen molar-refractivity contribution in [2.45, 2.75) is 219 Å². The molecule has 0 saturated carbocycles. The second-order valence-corrected chi connectivity index (χ2v) is 16.7. The third-order valence-corrected chi connectivity index (χ3v) is 10.4. The number of ether oxygens (including phenoxy) is 3. The molecule has 0 radical (unpaired) electrons. The van der Waals surface area contributed by atoms with Crippen LogP contribution < -0.4 is 0 Å². The van der Waals surface area contributed by atoms with Crippen LogP contribution in [-0.2, 0) is 28.6 Å². The van der Waals surface area contributed by atoms with E-state index < -0.39 is 6.10 Å². The summed E-state index contributed by atoms with van der Waals surface area (Å²) < 4.78 is 16.7. The predicted molar refractivity (Wildman–Crippen MR) is 279 cm³/mol. The predicted octanol–water partition coefficient (Wildman–Crippen LogP) is 17.3. The van der Waals surface area contributed by atoms with Crippen molar-refractivity contribution in [3.05, 3.63) is 122 Å². The van der Waals surface area contributed by atoms with Gasteiger partial charge in [0.1, 0.15) is 13.2 Å². The highest BCUT2D eigenvalue weighted by Crippen LogP contribution is 2.11. The smallest absolute Gasteiger partial charge is 0.306 e. The molecule has 65 heavy (non-hydrogen) atoms. The summed E-state index contributed by atoms with van der Waals surface area (Å²) in [7, 11) is 0. The van der Waals surface area contributed by atoms with Crippen LogP contribution in [0.1, 0.15) is 213 Å². The fourth-order valence-electron chi connectivity index (χ4n) is 6.51. The van der Waals surface area contributed by atoms with E-state index in [1.54, 1.807) is 0 Å². The summed E-state index contributed by atoms with van der Waals surface area (Å²) >= 11 is 0. The molecule has 0 bridgehead atoms. The molecule has 0 aliphatic heterocycles. The van der Waals surface area contributed by atoms with Gasteiger partial charge in [-0.3, -0.25) is 14.4 Å². The Bertz CT molecular complexity index is 1400. The maximum absolute atomic E-state index is 12.8. The lowest BCUT2D eigenvalue weighted by atomic mass is 10.1. The Balaban J connectivity index is 4.59. The lowest BCUT2D eigenvalue weighted by Gasteiger charge is -2.18. The quantitative estimate of drug-likeness (QED) is 0.0262. The van der Waals surface area contributed by atoms with Crippen LogP contribution >= 0.6 is 0 Å². The van der Waals surface area contributed by atoms with Crippen molar-refractivity contribution >= 4 is 17.9 Å². The molecule has 366 valence electrons. The Kier molecular flexibility index (Phi) is 49.1. The normalized spacial score (nSPS) is 13.1. The number of carbonyl (C=O) groups is 3. The van der Waals surface area contributed by atoms with Crippen LogP contribution in [0.5, 0.6) is 0 Å². The van der Waals surface area contributed by atoms with Gasteiger partial charge < -0.3 is 14.2 Å². The Labute approximate surface area is 399 Å². The Morgan fingerprint density at radius 1 is 0.323 bits per heavy atom. The zero-order chi connectivity index (χ0) is 47.2. The SMILES string of the molecule is CC/C=C\C/C=C\C/C=C\CCCCCCCC(=O)O[C@H](COC(=O)CCC/C=C\C/C=C\C/C=C\C/C=C\CCCCC)COC(=O)CCCC/C=C\C/C=C\C/C=C\CCCCC. The van der Waals surface area contributed by atoms with Crippen LogP contribution in [0.25, 0.3) is 0 Å². The first-order chi connectivity index (χ1) is 32.0. The number of allylic oxidation sites excluding steroid dienone is 20. The van der Waals surface area contributed by atoms with E-state index in [1.807, 2.05) is 0 Å². The minimum Gasteiger partial charge on any atom is -0.462 e. The third-order valence-electron chi connectivity index (χ3n) is 10.4. The molecular weight excluding hydrogens is 805 g/mol. The molecule has 0 N–H and O–H groups in total. The molecule has 6 nitrogen and oxygen atoms in total. The second-order valence-electron chi connectivity index (χ2n) is 16.7. The zero-order valence-electron chi connectivity index (χ0n) is 41.7. The number of unbranched alkanes of at least 4 members (excludes halogenated alkanes) is 14. The van der Waals surface area contributed by atoms with Crippen molar-refractivity contribution < 1.29 is 28.6 Å². The number of hydrogen-bond donors (Lipinski definition) is 0. The van der Waals surface area contributed by atoms with Gasteiger partial charge in [0.2, 0.25) is 0 Å². The topological polar surface area (TPSA) is 78.9 Å². The van der Waals surface area contributed by atoms with Gasteiger partial charge in [-0.05, 0) is 128 Å². The third kappa shape index (κ3) is 50.7. The lowest BCUT2D eigenvalue weighted by molar-refractivity contribution is -0.167. The summed E-state index contributed by atoms with van der Waals surface area (Å²) in [5, 5.41) is 0. The number of rotatable bonds is 45. The standard InChI is InChI=1S/C59H94O6/c1-4-7-10-13-16-19-22-25-28-29-32-34-37-40-43-46-49-52-58(61)64-55-56(65-59(62)53-50-47-44-41-38-35-31-27-24-21-18-15-12-9-6-3)54-63-57(60)51-48-45-42-39-36-33-30-26-23-20-17-14-11-8-5-2/h9,12,16-21,25-28,30-32,34,36,39-40,43,56H,4-8,10-11,13-15,22-24,29,33,35,37-38,41-42,44-55H2,1-3H3/b12-9-,19-16-,20-17-,21-18-,28-25-,30-26-,31-27-,34-32-,39-36-,43-40-/t56-/m0/s1. The van der Waals surface area contributed by atoms with E-state index >= 15 is 0 Å². The average molecular weight is 899 g/mol. The molecule has 0 spiro atoms. The summed E-state index contributed by atoms with van der Waals surface area (Å²) in [6, 6.07) is 0. The molecule has 1 atom stereocenters. The van der Waals surface area contributed by atoms with E-state index in [9.17, 15) is 14.4 Å². The monoisotopic (exact) mass is 899 g/mol. The van der Waals surface area contributed by atoms with Crippen molar-refractivity contribution in [1.82, 2.24) is 0 Å².